The number of nitrogens with zero attached hydrogens (tertiary/aromatic N) is 2. The Morgan fingerprint density at radius 2 is 2.00 bits per heavy atom. The van der Waals surface area contributed by atoms with Crippen LogP contribution in [0.15, 0.2) is 29.6 Å². The van der Waals surface area contributed by atoms with Gasteiger partial charge in [0.2, 0.25) is 0 Å². The Labute approximate surface area is 131 Å². The minimum Gasteiger partial charge on any atom is -0.338 e. The molecule has 0 aliphatic heterocycles. The minimum absolute atomic E-state index is 0.0469. The third kappa shape index (κ3) is 3.48. The summed E-state index contributed by atoms with van der Waals surface area (Å²) >= 11 is 1.12. The van der Waals surface area contributed by atoms with Crippen molar-refractivity contribution in [3.63, 3.8) is 0 Å². The van der Waals surface area contributed by atoms with Gasteiger partial charge in [-0.05, 0) is 26.0 Å². The predicted octanol–water partition coefficient (Wildman–Crippen LogP) is 3.01. The van der Waals surface area contributed by atoms with Crippen LogP contribution in [0, 0.1) is 5.82 Å². The van der Waals surface area contributed by atoms with Gasteiger partial charge in [-0.15, -0.1) is 11.3 Å². The van der Waals surface area contributed by atoms with E-state index in [1.807, 2.05) is 13.8 Å². The quantitative estimate of drug-likeness (QED) is 0.941. The smallest absolute Gasteiger partial charge is 0.273 e. The van der Waals surface area contributed by atoms with Gasteiger partial charge in [-0.1, -0.05) is 12.1 Å². The monoisotopic (exact) mass is 321 g/mol. The fourth-order valence-electron chi connectivity index (χ4n) is 1.65. The van der Waals surface area contributed by atoms with Crippen molar-refractivity contribution in [3.8, 4) is 0 Å². The van der Waals surface area contributed by atoms with E-state index in [-0.39, 0.29) is 28.3 Å². The molecular weight excluding hydrogens is 305 g/mol. The second-order valence-corrected chi connectivity index (χ2v) is 5.84. The van der Waals surface area contributed by atoms with E-state index >= 15 is 0 Å². The normalized spacial score (nSPS) is 10.6. The number of rotatable bonds is 4. The van der Waals surface area contributed by atoms with E-state index in [9.17, 15) is 14.0 Å². The molecule has 0 saturated heterocycles. The van der Waals surface area contributed by atoms with Gasteiger partial charge in [-0.3, -0.25) is 14.9 Å². The fraction of sp³-hybridized carbons (Fsp3) is 0.267. The number of carbonyl (C=O) groups excluding carboxylic acids is 2. The third-order valence-electron chi connectivity index (χ3n) is 3.16. The molecule has 116 valence electrons. The summed E-state index contributed by atoms with van der Waals surface area (Å²) < 4.78 is 13.5. The van der Waals surface area contributed by atoms with E-state index in [0.29, 0.717) is 0 Å². The van der Waals surface area contributed by atoms with Gasteiger partial charge in [0, 0.05) is 18.5 Å². The number of benzene rings is 1. The van der Waals surface area contributed by atoms with Crippen molar-refractivity contribution in [2.45, 2.75) is 19.9 Å². The molecule has 0 spiro atoms. The molecule has 1 N–H and O–H groups in total. The van der Waals surface area contributed by atoms with Gasteiger partial charge in [0.05, 0.1) is 5.56 Å². The van der Waals surface area contributed by atoms with Crippen LogP contribution in [0.3, 0.4) is 0 Å². The highest BCUT2D eigenvalue weighted by Crippen LogP contribution is 2.18. The molecule has 22 heavy (non-hydrogen) atoms. The third-order valence-corrected chi connectivity index (χ3v) is 3.91. The zero-order valence-electron chi connectivity index (χ0n) is 12.5. The molecule has 0 aliphatic carbocycles. The lowest BCUT2D eigenvalue weighted by Crippen LogP contribution is -2.33. The molecule has 0 atom stereocenters. The van der Waals surface area contributed by atoms with Crippen LogP contribution < -0.4 is 5.32 Å². The van der Waals surface area contributed by atoms with Crippen LogP contribution in [0.1, 0.15) is 34.7 Å². The summed E-state index contributed by atoms with van der Waals surface area (Å²) in [4.78, 5) is 29.7. The first-order valence-electron chi connectivity index (χ1n) is 6.68. The lowest BCUT2D eigenvalue weighted by molar-refractivity contribution is 0.0749. The average molecular weight is 321 g/mol. The molecule has 0 bridgehead atoms. The fourth-order valence-corrected chi connectivity index (χ4v) is 2.33. The molecule has 2 amide bonds. The molecule has 0 fully saturated rings. The highest BCUT2D eigenvalue weighted by atomic mass is 32.1. The van der Waals surface area contributed by atoms with Crippen LogP contribution in [0.2, 0.25) is 0 Å². The molecule has 7 heteroatoms. The topological polar surface area (TPSA) is 62.3 Å². The number of hydrogen-bond donors (Lipinski definition) is 1. The standard InChI is InChI=1S/C15H16FN3O2S/c1-9(2)19(3)14(21)12-8-22-15(17-12)18-13(20)10-6-4-5-7-11(10)16/h4-9H,1-3H3,(H,17,18,20). The van der Waals surface area contributed by atoms with E-state index in [0.717, 1.165) is 11.3 Å². The summed E-state index contributed by atoms with van der Waals surface area (Å²) in [6, 6.07) is 5.73. The molecule has 5 nitrogen and oxygen atoms in total. The number of anilines is 1. The molecule has 1 heterocycles. The Balaban J connectivity index is 2.11. The summed E-state index contributed by atoms with van der Waals surface area (Å²) in [5.74, 6) is -1.42. The van der Waals surface area contributed by atoms with Crippen molar-refractivity contribution in [2.75, 3.05) is 12.4 Å². The largest absolute Gasteiger partial charge is 0.338 e. The van der Waals surface area contributed by atoms with Gasteiger partial charge in [-0.25, -0.2) is 9.37 Å². The molecule has 2 aromatic rings. The zero-order valence-corrected chi connectivity index (χ0v) is 13.3. The number of aromatic nitrogens is 1. The van der Waals surface area contributed by atoms with Crippen LogP contribution in [0.4, 0.5) is 9.52 Å². The van der Waals surface area contributed by atoms with Crippen LogP contribution in [-0.4, -0.2) is 34.8 Å². The molecule has 0 radical (unpaired) electrons. The first kappa shape index (κ1) is 16.1. The van der Waals surface area contributed by atoms with E-state index in [1.54, 1.807) is 23.4 Å². The van der Waals surface area contributed by atoms with E-state index in [2.05, 4.69) is 10.3 Å². The van der Waals surface area contributed by atoms with Crippen molar-refractivity contribution in [3.05, 3.63) is 46.7 Å². The molecule has 0 aliphatic rings. The summed E-state index contributed by atoms with van der Waals surface area (Å²) in [7, 11) is 1.68. The lowest BCUT2D eigenvalue weighted by atomic mass is 10.2. The van der Waals surface area contributed by atoms with Gasteiger partial charge in [0.25, 0.3) is 11.8 Å². The highest BCUT2D eigenvalue weighted by Gasteiger charge is 2.19. The number of halogens is 1. The van der Waals surface area contributed by atoms with Gasteiger partial charge < -0.3 is 4.90 Å². The van der Waals surface area contributed by atoms with Gasteiger partial charge >= 0.3 is 0 Å². The van der Waals surface area contributed by atoms with Crippen molar-refractivity contribution in [1.82, 2.24) is 9.88 Å². The van der Waals surface area contributed by atoms with Crippen LogP contribution >= 0.6 is 11.3 Å². The molecule has 2 rings (SSSR count). The van der Waals surface area contributed by atoms with Gasteiger partial charge in [0.15, 0.2) is 5.13 Å². The maximum Gasteiger partial charge on any atom is 0.273 e. The molecule has 1 aromatic heterocycles. The average Bonchev–Trinajstić information content (AvgIpc) is 2.94. The van der Waals surface area contributed by atoms with Crippen molar-refractivity contribution in [1.29, 1.82) is 0 Å². The van der Waals surface area contributed by atoms with Gasteiger partial charge in [-0.2, -0.15) is 0 Å². The molecular formula is C15H16FN3O2S. The number of nitrogens with one attached hydrogen (secondary N) is 1. The number of carbonyl (C=O) groups is 2. The summed E-state index contributed by atoms with van der Waals surface area (Å²) in [5.41, 5.74) is 0.190. The first-order chi connectivity index (χ1) is 10.4. The Kier molecular flexibility index (Phi) is 4.87. The predicted molar refractivity (Wildman–Crippen MR) is 83.7 cm³/mol. The van der Waals surface area contributed by atoms with E-state index in [4.69, 9.17) is 0 Å². The Hall–Kier alpha value is -2.28. The van der Waals surface area contributed by atoms with Crippen LogP contribution in [0.25, 0.3) is 0 Å². The number of amides is 2. The molecule has 1 aromatic carbocycles. The maximum absolute atomic E-state index is 13.5. The van der Waals surface area contributed by atoms with Crippen molar-refractivity contribution < 1.29 is 14.0 Å². The second-order valence-electron chi connectivity index (χ2n) is 4.98. The Bertz CT molecular complexity index is 700. The SMILES string of the molecule is CC(C)N(C)C(=O)c1csc(NC(=O)c2ccccc2F)n1. The van der Waals surface area contributed by atoms with Crippen LogP contribution in [0.5, 0.6) is 0 Å². The zero-order chi connectivity index (χ0) is 16.3. The second kappa shape index (κ2) is 6.65. The number of thiazole rings is 1. The summed E-state index contributed by atoms with van der Waals surface area (Å²) in [6.07, 6.45) is 0. The van der Waals surface area contributed by atoms with E-state index in [1.165, 1.54) is 18.2 Å². The van der Waals surface area contributed by atoms with E-state index < -0.39 is 11.7 Å². The summed E-state index contributed by atoms with van der Waals surface area (Å²) in [6.45, 7) is 3.79. The Morgan fingerprint density at radius 1 is 1.32 bits per heavy atom. The van der Waals surface area contributed by atoms with Crippen molar-refractivity contribution in [2.24, 2.45) is 0 Å². The van der Waals surface area contributed by atoms with Crippen molar-refractivity contribution >= 4 is 28.3 Å². The number of hydrogen-bond acceptors (Lipinski definition) is 4. The lowest BCUT2D eigenvalue weighted by Gasteiger charge is -2.19. The Morgan fingerprint density at radius 3 is 2.64 bits per heavy atom. The maximum atomic E-state index is 13.5. The van der Waals surface area contributed by atoms with Gasteiger partial charge in [0.1, 0.15) is 11.5 Å². The highest BCUT2D eigenvalue weighted by molar-refractivity contribution is 7.14. The van der Waals surface area contributed by atoms with Crippen LogP contribution in [-0.2, 0) is 0 Å². The first-order valence-corrected chi connectivity index (χ1v) is 7.56. The molecule has 0 unspecified atom stereocenters. The summed E-state index contributed by atoms with van der Waals surface area (Å²) in [5, 5.41) is 4.33. The molecule has 0 saturated carbocycles. The minimum atomic E-state index is -0.604.